The second-order valence-electron chi connectivity index (χ2n) is 11.9. The lowest BCUT2D eigenvalue weighted by Gasteiger charge is -2.37. The van der Waals surface area contributed by atoms with Crippen LogP contribution in [0.5, 0.6) is 0 Å². The molecule has 4 heterocycles. The quantitative estimate of drug-likeness (QED) is 0.420. The zero-order valence-corrected chi connectivity index (χ0v) is 24.7. The average molecular weight is 580 g/mol. The molecule has 226 valence electrons. The van der Waals surface area contributed by atoms with E-state index in [-0.39, 0.29) is 49.8 Å². The number of aliphatic hydroxyl groups excluding tert-OH is 1. The highest BCUT2D eigenvalue weighted by atomic mass is 16.6. The van der Waals surface area contributed by atoms with Gasteiger partial charge in [0.25, 0.3) is 0 Å². The topological polar surface area (TPSA) is 117 Å². The summed E-state index contributed by atoms with van der Waals surface area (Å²) in [7, 11) is 1.70. The van der Waals surface area contributed by atoms with Gasteiger partial charge in [-0.1, -0.05) is 54.6 Å². The molecular weight excluding hydrogens is 538 g/mol. The van der Waals surface area contributed by atoms with Crippen LogP contribution in [-0.4, -0.2) is 100 Å². The number of likely N-dealkylation sites (tertiary alicyclic amines) is 1. The number of cyclic esters (lactones) is 1. The van der Waals surface area contributed by atoms with Crippen LogP contribution in [0.2, 0.25) is 0 Å². The summed E-state index contributed by atoms with van der Waals surface area (Å²) < 4.78 is 12.7. The van der Waals surface area contributed by atoms with Gasteiger partial charge in [0, 0.05) is 39.2 Å². The average Bonchev–Trinajstić information content (AvgIpc) is 3.62. The van der Waals surface area contributed by atoms with Crippen LogP contribution in [0.1, 0.15) is 51.7 Å². The Morgan fingerprint density at radius 3 is 2.50 bits per heavy atom. The van der Waals surface area contributed by atoms with Crippen molar-refractivity contribution in [2.75, 3.05) is 26.7 Å². The zero-order valence-electron chi connectivity index (χ0n) is 24.7. The second-order valence-corrected chi connectivity index (χ2v) is 11.9. The number of amides is 3. The van der Waals surface area contributed by atoms with Gasteiger partial charge in [-0.3, -0.25) is 19.2 Å². The Morgan fingerprint density at radius 2 is 1.81 bits per heavy atom. The molecule has 7 atom stereocenters. The molecule has 10 nitrogen and oxygen atoms in total. The summed E-state index contributed by atoms with van der Waals surface area (Å²) in [4.78, 5) is 60.4. The first-order chi connectivity index (χ1) is 20.1. The molecule has 0 radical (unpaired) electrons. The van der Waals surface area contributed by atoms with Gasteiger partial charge in [-0.2, -0.15) is 0 Å². The Bertz CT molecular complexity index is 1260. The maximum atomic E-state index is 14.3. The van der Waals surface area contributed by atoms with Gasteiger partial charge in [0.15, 0.2) is 0 Å². The Hall–Kier alpha value is -3.50. The molecule has 1 aromatic carbocycles. The van der Waals surface area contributed by atoms with E-state index in [2.05, 4.69) is 0 Å². The van der Waals surface area contributed by atoms with Gasteiger partial charge in [-0.15, -0.1) is 0 Å². The van der Waals surface area contributed by atoms with Crippen molar-refractivity contribution >= 4 is 23.7 Å². The van der Waals surface area contributed by atoms with Crippen LogP contribution in [0.3, 0.4) is 0 Å². The van der Waals surface area contributed by atoms with Crippen LogP contribution in [0, 0.1) is 11.8 Å². The van der Waals surface area contributed by atoms with Crippen molar-refractivity contribution in [3.05, 3.63) is 60.2 Å². The minimum Gasteiger partial charge on any atom is -0.455 e. The van der Waals surface area contributed by atoms with Crippen molar-refractivity contribution in [2.24, 2.45) is 11.8 Å². The Kier molecular flexibility index (Phi) is 8.57. The number of hydrogen-bond donors (Lipinski definition) is 1. The van der Waals surface area contributed by atoms with Gasteiger partial charge in [-0.05, 0) is 39.2 Å². The number of benzene rings is 1. The zero-order chi connectivity index (χ0) is 30.2. The molecule has 1 aromatic rings. The standard InChI is InChI=1S/C32H41N3O7/c1-20(2)34-17-10-6-9-14-24(37)33(4)21(3)27(22-12-7-5-8-13-22)41-31(40)25-23-15-16-32(42-23)26(25)29(38)35(18-11-19-36)28(32)30(34)39/h5-8,10,12-13,15-16,20-21,23,25-28,36H,9,11,14,17-19H2,1-4H3/b10-6-/t21-,23+,25-,26-,27+,28+,32-/m1/s1. The number of carbonyl (C=O) groups excluding carboxylic acids is 4. The molecule has 0 saturated carbocycles. The van der Waals surface area contributed by atoms with Crippen molar-refractivity contribution in [1.82, 2.24) is 14.7 Å². The van der Waals surface area contributed by atoms with Gasteiger partial charge in [0.2, 0.25) is 17.7 Å². The van der Waals surface area contributed by atoms with Gasteiger partial charge >= 0.3 is 5.97 Å². The Labute approximate surface area is 246 Å². The third kappa shape index (κ3) is 5.04. The maximum Gasteiger partial charge on any atom is 0.313 e. The monoisotopic (exact) mass is 579 g/mol. The number of aliphatic hydroxyl groups is 1. The number of ether oxygens (including phenoxy) is 2. The van der Waals surface area contributed by atoms with Crippen LogP contribution >= 0.6 is 0 Å². The lowest BCUT2D eigenvalue weighted by molar-refractivity contribution is -0.164. The van der Waals surface area contributed by atoms with E-state index >= 15 is 0 Å². The van der Waals surface area contributed by atoms with Crippen molar-refractivity contribution < 1.29 is 33.8 Å². The highest BCUT2D eigenvalue weighted by Crippen LogP contribution is 2.56. The Morgan fingerprint density at radius 1 is 1.07 bits per heavy atom. The molecule has 3 amide bonds. The van der Waals surface area contributed by atoms with Crippen LogP contribution in [0.15, 0.2) is 54.6 Å². The first-order valence-electron chi connectivity index (χ1n) is 14.9. The third-order valence-electron chi connectivity index (χ3n) is 9.15. The molecule has 5 rings (SSSR count). The number of esters is 1. The summed E-state index contributed by atoms with van der Waals surface area (Å²) in [6.45, 7) is 5.97. The number of rotatable bonds is 5. The van der Waals surface area contributed by atoms with Gasteiger partial charge < -0.3 is 29.3 Å². The molecule has 4 aliphatic rings. The summed E-state index contributed by atoms with van der Waals surface area (Å²) in [5.74, 6) is -3.23. The van der Waals surface area contributed by atoms with E-state index in [1.807, 2.05) is 63.3 Å². The van der Waals surface area contributed by atoms with E-state index in [9.17, 15) is 24.3 Å². The van der Waals surface area contributed by atoms with Crippen LogP contribution in [0.4, 0.5) is 0 Å². The summed E-state index contributed by atoms with van der Waals surface area (Å²) in [6, 6.07) is 7.61. The number of nitrogens with zero attached hydrogens (tertiary/aromatic N) is 3. The summed E-state index contributed by atoms with van der Waals surface area (Å²) >= 11 is 0. The smallest absolute Gasteiger partial charge is 0.313 e. The molecule has 0 unspecified atom stereocenters. The number of carbonyl (C=O) groups is 4. The summed E-state index contributed by atoms with van der Waals surface area (Å²) in [6.07, 6.45) is 6.84. The van der Waals surface area contributed by atoms with Gasteiger partial charge in [-0.25, -0.2) is 0 Å². The molecule has 0 aliphatic carbocycles. The molecule has 0 aromatic heterocycles. The third-order valence-corrected chi connectivity index (χ3v) is 9.15. The molecule has 5 bridgehead atoms. The van der Waals surface area contributed by atoms with E-state index in [1.54, 1.807) is 29.0 Å². The predicted octanol–water partition coefficient (Wildman–Crippen LogP) is 2.24. The second kappa shape index (κ2) is 12.0. The van der Waals surface area contributed by atoms with Crippen LogP contribution in [0.25, 0.3) is 0 Å². The molecule has 2 fully saturated rings. The molecule has 1 N–H and O–H groups in total. The highest BCUT2D eigenvalue weighted by molar-refractivity contribution is 5.99. The molecule has 4 aliphatic heterocycles. The number of allylic oxidation sites excluding steroid dienone is 1. The van der Waals surface area contributed by atoms with Crippen molar-refractivity contribution in [1.29, 1.82) is 0 Å². The SMILES string of the molecule is CC(C)N1C/C=C\CCC(=O)N(C)[C@H](C)[C@@H](c2ccccc2)OC(=O)[C@@H]2[C@@H]3C=C[C@]4(O3)[C@H](C1=O)N(CCCO)C(=O)[C@@H]24. The highest BCUT2D eigenvalue weighted by Gasteiger charge is 2.73. The van der Waals surface area contributed by atoms with Crippen molar-refractivity contribution in [2.45, 2.75) is 76.0 Å². The van der Waals surface area contributed by atoms with E-state index < -0.39 is 47.7 Å². The fourth-order valence-electron chi connectivity index (χ4n) is 6.82. The fourth-order valence-corrected chi connectivity index (χ4v) is 6.82. The van der Waals surface area contributed by atoms with E-state index in [4.69, 9.17) is 9.47 Å². The fraction of sp³-hybridized carbons (Fsp3) is 0.562. The molecular formula is C32H41N3O7. The first kappa shape index (κ1) is 30.0. The number of likely N-dealkylation sites (N-methyl/N-ethyl adjacent to an activating group) is 1. The first-order valence-corrected chi connectivity index (χ1v) is 14.9. The molecule has 10 heteroatoms. The van der Waals surface area contributed by atoms with Crippen LogP contribution < -0.4 is 0 Å². The normalized spacial score (nSPS) is 34.4. The lowest BCUT2D eigenvalue weighted by atomic mass is 9.74. The van der Waals surface area contributed by atoms with E-state index in [0.717, 1.165) is 5.56 Å². The maximum absolute atomic E-state index is 14.3. The minimum atomic E-state index is -1.32. The van der Waals surface area contributed by atoms with Crippen molar-refractivity contribution in [3.63, 3.8) is 0 Å². The summed E-state index contributed by atoms with van der Waals surface area (Å²) in [5.41, 5.74) is -0.586. The van der Waals surface area contributed by atoms with E-state index in [0.29, 0.717) is 13.0 Å². The largest absolute Gasteiger partial charge is 0.455 e. The van der Waals surface area contributed by atoms with Crippen molar-refractivity contribution in [3.8, 4) is 0 Å². The van der Waals surface area contributed by atoms with Gasteiger partial charge in [0.1, 0.15) is 23.7 Å². The van der Waals surface area contributed by atoms with E-state index in [1.165, 1.54) is 4.90 Å². The number of fused-ring (bicyclic) bond motifs is 2. The molecule has 42 heavy (non-hydrogen) atoms. The minimum absolute atomic E-state index is 0.0934. The predicted molar refractivity (Wildman–Crippen MR) is 154 cm³/mol. The lowest BCUT2D eigenvalue weighted by Crippen LogP contribution is -2.57. The van der Waals surface area contributed by atoms with Gasteiger partial charge in [0.05, 0.1) is 18.1 Å². The number of hydrogen-bond acceptors (Lipinski definition) is 7. The Balaban J connectivity index is 1.59. The summed E-state index contributed by atoms with van der Waals surface area (Å²) in [5, 5.41) is 9.59. The molecule has 2 saturated heterocycles. The molecule has 1 spiro atoms. The van der Waals surface area contributed by atoms with Crippen LogP contribution in [-0.2, 0) is 28.7 Å².